The molecule has 0 unspecified atom stereocenters. The van der Waals surface area contributed by atoms with Crippen LogP contribution in [0.1, 0.15) is 18.5 Å². The number of carbonyl (C=O) groups excluding carboxylic acids is 2. The average Bonchev–Trinajstić information content (AvgIpc) is 3.56. The Balaban J connectivity index is 1.33. The van der Waals surface area contributed by atoms with Crippen molar-refractivity contribution < 1.29 is 9.59 Å². The molecular formula is C22H27N5O2. The van der Waals surface area contributed by atoms with Gasteiger partial charge in [-0.2, -0.15) is 0 Å². The number of hydrogen-bond acceptors (Lipinski definition) is 5. The van der Waals surface area contributed by atoms with Crippen LogP contribution in [0.3, 0.4) is 0 Å². The first-order chi connectivity index (χ1) is 14.1. The van der Waals surface area contributed by atoms with Gasteiger partial charge >= 0.3 is 0 Å². The highest BCUT2D eigenvalue weighted by atomic mass is 16.2. The molecule has 152 valence electrons. The van der Waals surface area contributed by atoms with E-state index in [4.69, 9.17) is 0 Å². The maximum Gasteiger partial charge on any atom is 0.240 e. The summed E-state index contributed by atoms with van der Waals surface area (Å²) in [5.74, 6) is -0.460. The molecule has 1 aliphatic heterocycles. The van der Waals surface area contributed by atoms with Gasteiger partial charge < -0.3 is 20.4 Å². The molecule has 1 aliphatic carbocycles. The molecule has 0 spiro atoms. The first-order valence-electron chi connectivity index (χ1n) is 10.1. The van der Waals surface area contributed by atoms with Gasteiger partial charge in [0.05, 0.1) is 12.2 Å². The lowest BCUT2D eigenvalue weighted by molar-refractivity contribution is -0.134. The van der Waals surface area contributed by atoms with Crippen LogP contribution in [-0.4, -0.2) is 54.9 Å². The summed E-state index contributed by atoms with van der Waals surface area (Å²) in [4.78, 5) is 34.2. The summed E-state index contributed by atoms with van der Waals surface area (Å²) in [6, 6.07) is 13.4. The van der Waals surface area contributed by atoms with Crippen LogP contribution >= 0.6 is 0 Å². The van der Waals surface area contributed by atoms with Crippen molar-refractivity contribution in [1.82, 2.24) is 15.2 Å². The summed E-state index contributed by atoms with van der Waals surface area (Å²) in [5, 5.41) is 5.77. The number of likely N-dealkylation sites (N-methyl/N-ethyl adjacent to an activating group) is 1. The third-order valence-electron chi connectivity index (χ3n) is 5.77. The Bertz CT molecular complexity index is 857. The first kappa shape index (κ1) is 19.4. The molecular weight excluding hydrogens is 366 g/mol. The van der Waals surface area contributed by atoms with E-state index in [0.29, 0.717) is 19.4 Å². The van der Waals surface area contributed by atoms with Crippen LogP contribution in [0.25, 0.3) is 0 Å². The number of nitrogens with zero attached hydrogens (tertiary/aromatic N) is 3. The number of amides is 2. The normalized spacial score (nSPS) is 18.2. The minimum absolute atomic E-state index is 0.227. The number of aromatic nitrogens is 1. The summed E-state index contributed by atoms with van der Waals surface area (Å²) >= 11 is 0. The SMILES string of the molecule is CN1CCN(c2ccc(NC(=O)C3(C(=O)NCc4ccccn4)CC3)cc2)CC1. The van der Waals surface area contributed by atoms with Gasteiger partial charge in [-0.25, -0.2) is 0 Å². The number of piperazine rings is 1. The molecule has 0 atom stereocenters. The fraction of sp³-hybridized carbons (Fsp3) is 0.409. The second-order valence-electron chi connectivity index (χ2n) is 7.88. The third kappa shape index (κ3) is 4.40. The van der Waals surface area contributed by atoms with Crippen LogP contribution in [0, 0.1) is 5.41 Å². The number of hydrogen-bond donors (Lipinski definition) is 2. The smallest absolute Gasteiger partial charge is 0.240 e. The molecule has 1 aromatic heterocycles. The molecule has 7 nitrogen and oxygen atoms in total. The fourth-order valence-corrected chi connectivity index (χ4v) is 3.60. The van der Waals surface area contributed by atoms with E-state index in [1.54, 1.807) is 6.20 Å². The molecule has 2 aromatic rings. The van der Waals surface area contributed by atoms with E-state index in [1.165, 1.54) is 0 Å². The molecule has 29 heavy (non-hydrogen) atoms. The minimum Gasteiger partial charge on any atom is -0.369 e. The molecule has 7 heteroatoms. The lowest BCUT2D eigenvalue weighted by atomic mass is 10.0. The molecule has 2 amide bonds. The van der Waals surface area contributed by atoms with Crippen molar-refractivity contribution in [2.75, 3.05) is 43.4 Å². The van der Waals surface area contributed by atoms with E-state index in [0.717, 1.165) is 43.2 Å². The largest absolute Gasteiger partial charge is 0.369 e. The van der Waals surface area contributed by atoms with E-state index in [-0.39, 0.29) is 11.8 Å². The van der Waals surface area contributed by atoms with Crippen LogP contribution in [0.4, 0.5) is 11.4 Å². The highest BCUT2D eigenvalue weighted by Crippen LogP contribution is 2.47. The van der Waals surface area contributed by atoms with Crippen molar-refractivity contribution in [3.63, 3.8) is 0 Å². The van der Waals surface area contributed by atoms with E-state index < -0.39 is 5.41 Å². The van der Waals surface area contributed by atoms with Gasteiger partial charge in [-0.3, -0.25) is 14.6 Å². The second kappa shape index (κ2) is 8.21. The highest BCUT2D eigenvalue weighted by Gasteiger charge is 2.56. The molecule has 1 aromatic carbocycles. The number of pyridine rings is 1. The van der Waals surface area contributed by atoms with Gasteiger partial charge in [-0.05, 0) is 56.3 Å². The minimum atomic E-state index is -0.953. The van der Waals surface area contributed by atoms with Crippen molar-refractivity contribution in [2.24, 2.45) is 5.41 Å². The Labute approximate surface area is 171 Å². The van der Waals surface area contributed by atoms with Crippen molar-refractivity contribution in [2.45, 2.75) is 19.4 Å². The van der Waals surface area contributed by atoms with Crippen molar-refractivity contribution in [3.8, 4) is 0 Å². The number of benzene rings is 1. The molecule has 1 saturated carbocycles. The van der Waals surface area contributed by atoms with Crippen LogP contribution in [0.5, 0.6) is 0 Å². The lowest BCUT2D eigenvalue weighted by Crippen LogP contribution is -2.44. The number of anilines is 2. The van der Waals surface area contributed by atoms with E-state index in [1.807, 2.05) is 42.5 Å². The zero-order chi connectivity index (χ0) is 20.3. The van der Waals surface area contributed by atoms with Gasteiger partial charge in [0.2, 0.25) is 11.8 Å². The van der Waals surface area contributed by atoms with E-state index >= 15 is 0 Å². The summed E-state index contributed by atoms with van der Waals surface area (Å²) in [7, 11) is 2.14. The summed E-state index contributed by atoms with van der Waals surface area (Å²) in [5.41, 5.74) is 1.70. The van der Waals surface area contributed by atoms with Crippen LogP contribution in [0.2, 0.25) is 0 Å². The number of nitrogens with one attached hydrogen (secondary N) is 2. The van der Waals surface area contributed by atoms with E-state index in [9.17, 15) is 9.59 Å². The second-order valence-corrected chi connectivity index (χ2v) is 7.88. The predicted molar refractivity (Wildman–Crippen MR) is 113 cm³/mol. The van der Waals surface area contributed by atoms with E-state index in [2.05, 4.69) is 32.5 Å². The monoisotopic (exact) mass is 393 g/mol. The average molecular weight is 393 g/mol. The standard InChI is InChI=1S/C22H27N5O2/c1-26-12-14-27(15-13-26)19-7-5-17(6-8-19)25-21(29)22(9-10-22)20(28)24-16-18-4-2-3-11-23-18/h2-8,11H,9-10,12-16H2,1H3,(H,24,28)(H,25,29). The summed E-state index contributed by atoms with van der Waals surface area (Å²) in [6.07, 6.45) is 2.84. The van der Waals surface area contributed by atoms with Gasteiger partial charge in [0, 0.05) is 43.8 Å². The van der Waals surface area contributed by atoms with Gasteiger partial charge in [0.25, 0.3) is 0 Å². The van der Waals surface area contributed by atoms with Crippen molar-refractivity contribution in [1.29, 1.82) is 0 Å². The molecule has 0 radical (unpaired) electrons. The maximum atomic E-state index is 12.8. The lowest BCUT2D eigenvalue weighted by Gasteiger charge is -2.34. The van der Waals surface area contributed by atoms with Gasteiger partial charge in [-0.1, -0.05) is 6.07 Å². The molecule has 2 aliphatic rings. The number of rotatable bonds is 6. The molecule has 0 bridgehead atoms. The Morgan fingerprint density at radius 1 is 1.00 bits per heavy atom. The maximum absolute atomic E-state index is 12.8. The summed E-state index contributed by atoms with van der Waals surface area (Å²) < 4.78 is 0. The Kier molecular flexibility index (Phi) is 5.49. The Morgan fingerprint density at radius 3 is 2.34 bits per heavy atom. The van der Waals surface area contributed by atoms with Crippen LogP contribution < -0.4 is 15.5 Å². The molecule has 1 saturated heterocycles. The first-order valence-corrected chi connectivity index (χ1v) is 10.1. The van der Waals surface area contributed by atoms with Crippen LogP contribution in [-0.2, 0) is 16.1 Å². The number of carbonyl (C=O) groups is 2. The third-order valence-corrected chi connectivity index (χ3v) is 5.77. The highest BCUT2D eigenvalue weighted by molar-refractivity contribution is 6.13. The van der Waals surface area contributed by atoms with Crippen molar-refractivity contribution in [3.05, 3.63) is 54.4 Å². The van der Waals surface area contributed by atoms with Gasteiger partial charge in [0.15, 0.2) is 0 Å². The molecule has 2 fully saturated rings. The topological polar surface area (TPSA) is 77.6 Å². The zero-order valence-electron chi connectivity index (χ0n) is 16.7. The Hall–Kier alpha value is -2.93. The molecule has 2 heterocycles. The zero-order valence-corrected chi connectivity index (χ0v) is 16.7. The van der Waals surface area contributed by atoms with Gasteiger partial charge in [-0.15, -0.1) is 0 Å². The predicted octanol–water partition coefficient (Wildman–Crippen LogP) is 1.87. The van der Waals surface area contributed by atoms with Crippen molar-refractivity contribution >= 4 is 23.2 Å². The van der Waals surface area contributed by atoms with Gasteiger partial charge in [0.1, 0.15) is 5.41 Å². The molecule has 2 N–H and O–H groups in total. The fourth-order valence-electron chi connectivity index (χ4n) is 3.60. The summed E-state index contributed by atoms with van der Waals surface area (Å²) in [6.45, 7) is 4.43. The molecule has 4 rings (SSSR count). The van der Waals surface area contributed by atoms with Crippen LogP contribution in [0.15, 0.2) is 48.7 Å². The quantitative estimate of drug-likeness (QED) is 0.733. The Morgan fingerprint density at radius 2 is 1.72 bits per heavy atom.